The van der Waals surface area contributed by atoms with E-state index in [-0.39, 0.29) is 6.54 Å². The molecular weight excluding hydrogens is 380 g/mol. The van der Waals surface area contributed by atoms with Gasteiger partial charge in [-0.05, 0) is 42.7 Å². The molecule has 0 saturated carbocycles. The molecule has 0 saturated heterocycles. The van der Waals surface area contributed by atoms with E-state index < -0.39 is 21.9 Å². The first-order valence-corrected chi connectivity index (χ1v) is 10.6. The van der Waals surface area contributed by atoms with Crippen molar-refractivity contribution in [2.75, 3.05) is 29.5 Å². The van der Waals surface area contributed by atoms with Crippen LogP contribution in [0.25, 0.3) is 0 Å². The lowest BCUT2D eigenvalue weighted by Gasteiger charge is -2.24. The van der Waals surface area contributed by atoms with Crippen molar-refractivity contribution in [2.24, 2.45) is 0 Å². The third kappa shape index (κ3) is 4.89. The second kappa shape index (κ2) is 8.88. The quantitative estimate of drug-likeness (QED) is 0.717. The van der Waals surface area contributed by atoms with Gasteiger partial charge in [0.15, 0.2) is 0 Å². The average molecular weight is 404 g/mol. The molecule has 2 aromatic carbocycles. The van der Waals surface area contributed by atoms with Crippen molar-refractivity contribution in [1.29, 1.82) is 0 Å². The van der Waals surface area contributed by atoms with Crippen molar-refractivity contribution >= 4 is 33.3 Å². The van der Waals surface area contributed by atoms with Gasteiger partial charge in [-0.2, -0.15) is 0 Å². The fourth-order valence-electron chi connectivity index (χ4n) is 2.86. The van der Waals surface area contributed by atoms with Crippen molar-refractivity contribution in [1.82, 2.24) is 0 Å². The third-order valence-electron chi connectivity index (χ3n) is 4.34. The van der Waals surface area contributed by atoms with E-state index in [1.807, 2.05) is 19.1 Å². The van der Waals surface area contributed by atoms with Crippen LogP contribution in [0, 0.1) is 6.92 Å². The summed E-state index contributed by atoms with van der Waals surface area (Å²) in [5.41, 5.74) is 2.59. The minimum atomic E-state index is -3.68. The fraction of sp³-hybridized carbons (Fsp3) is 0.300. The van der Waals surface area contributed by atoms with E-state index in [0.29, 0.717) is 28.9 Å². The Hall–Kier alpha value is -2.87. The Morgan fingerprint density at radius 1 is 1.11 bits per heavy atom. The number of ether oxygens (including phenoxy) is 1. The molecule has 2 rings (SSSR count). The van der Waals surface area contributed by atoms with E-state index in [1.54, 1.807) is 37.3 Å². The standard InChI is InChI=1S/C20H24N2O5S/c1-5-15-9-6-7-12-18(15)22(28(4,25)26)13-19(23)21-17-11-8-10-16(14(17)2)20(24)27-3/h6-12H,5,13H2,1-4H3,(H,21,23). The van der Waals surface area contributed by atoms with Crippen molar-refractivity contribution in [3.63, 3.8) is 0 Å². The van der Waals surface area contributed by atoms with Gasteiger partial charge in [-0.25, -0.2) is 13.2 Å². The van der Waals surface area contributed by atoms with Crippen LogP contribution in [-0.2, 0) is 26.0 Å². The second-order valence-electron chi connectivity index (χ2n) is 6.27. The van der Waals surface area contributed by atoms with E-state index in [9.17, 15) is 18.0 Å². The highest BCUT2D eigenvalue weighted by Crippen LogP contribution is 2.24. The molecule has 1 amide bonds. The number of sulfonamides is 1. The number of carbonyl (C=O) groups is 2. The molecule has 1 N–H and O–H groups in total. The summed E-state index contributed by atoms with van der Waals surface area (Å²) in [5, 5.41) is 2.69. The minimum Gasteiger partial charge on any atom is -0.465 e. The maximum Gasteiger partial charge on any atom is 0.338 e. The molecule has 0 aromatic heterocycles. The molecule has 0 heterocycles. The molecule has 0 fully saturated rings. The molecule has 28 heavy (non-hydrogen) atoms. The largest absolute Gasteiger partial charge is 0.465 e. The number of anilines is 2. The van der Waals surface area contributed by atoms with Crippen LogP contribution >= 0.6 is 0 Å². The van der Waals surface area contributed by atoms with Crippen molar-refractivity contribution < 1.29 is 22.7 Å². The Kier molecular flexibility index (Phi) is 6.80. The monoisotopic (exact) mass is 404 g/mol. The number of rotatable bonds is 7. The summed E-state index contributed by atoms with van der Waals surface area (Å²) in [6.07, 6.45) is 1.69. The van der Waals surface area contributed by atoms with Gasteiger partial charge in [0.05, 0.1) is 24.6 Å². The number of benzene rings is 2. The number of nitrogens with zero attached hydrogens (tertiary/aromatic N) is 1. The minimum absolute atomic E-state index is 0.330. The fourth-order valence-corrected chi connectivity index (χ4v) is 3.74. The second-order valence-corrected chi connectivity index (χ2v) is 8.18. The number of para-hydroxylation sites is 1. The highest BCUT2D eigenvalue weighted by atomic mass is 32.2. The van der Waals surface area contributed by atoms with Crippen LogP contribution in [0.3, 0.4) is 0 Å². The molecule has 0 aliphatic rings. The molecule has 8 heteroatoms. The predicted molar refractivity (Wildman–Crippen MR) is 109 cm³/mol. The summed E-state index contributed by atoms with van der Waals surface area (Å²) in [7, 11) is -2.40. The number of nitrogens with one attached hydrogen (secondary N) is 1. The lowest BCUT2D eigenvalue weighted by atomic mass is 10.1. The first-order chi connectivity index (χ1) is 13.2. The van der Waals surface area contributed by atoms with Crippen LogP contribution in [0.5, 0.6) is 0 Å². The molecule has 0 radical (unpaired) electrons. The van der Waals surface area contributed by atoms with Gasteiger partial charge in [-0.3, -0.25) is 9.10 Å². The van der Waals surface area contributed by atoms with Gasteiger partial charge >= 0.3 is 5.97 Å². The topological polar surface area (TPSA) is 92.8 Å². The Bertz CT molecular complexity index is 986. The Balaban J connectivity index is 2.30. The Morgan fingerprint density at radius 3 is 2.39 bits per heavy atom. The molecule has 0 aliphatic heterocycles. The number of esters is 1. The maximum atomic E-state index is 12.6. The number of hydrogen-bond acceptors (Lipinski definition) is 5. The number of hydrogen-bond donors (Lipinski definition) is 1. The average Bonchev–Trinajstić information content (AvgIpc) is 2.66. The zero-order valence-corrected chi connectivity index (χ0v) is 17.2. The molecule has 150 valence electrons. The zero-order valence-electron chi connectivity index (χ0n) is 16.4. The molecular formula is C20H24N2O5S. The van der Waals surface area contributed by atoms with Crippen molar-refractivity contribution in [3.05, 3.63) is 59.2 Å². The molecule has 0 atom stereocenters. The summed E-state index contributed by atoms with van der Waals surface area (Å²) < 4.78 is 30.5. The van der Waals surface area contributed by atoms with Crippen LogP contribution in [0.2, 0.25) is 0 Å². The van der Waals surface area contributed by atoms with E-state index in [0.717, 1.165) is 16.1 Å². The Morgan fingerprint density at radius 2 is 1.79 bits per heavy atom. The summed E-state index contributed by atoms with van der Waals surface area (Å²) in [5.74, 6) is -1.02. The van der Waals surface area contributed by atoms with Gasteiger partial charge in [0.1, 0.15) is 6.54 Å². The highest BCUT2D eigenvalue weighted by Gasteiger charge is 2.23. The van der Waals surface area contributed by atoms with E-state index >= 15 is 0 Å². The highest BCUT2D eigenvalue weighted by molar-refractivity contribution is 7.92. The van der Waals surface area contributed by atoms with E-state index in [1.165, 1.54) is 7.11 Å². The van der Waals surface area contributed by atoms with E-state index in [4.69, 9.17) is 4.74 Å². The van der Waals surface area contributed by atoms with Crippen LogP contribution in [0.1, 0.15) is 28.4 Å². The SMILES string of the molecule is CCc1ccccc1N(CC(=O)Nc1cccc(C(=O)OC)c1C)S(C)(=O)=O. The summed E-state index contributed by atoms with van der Waals surface area (Å²) >= 11 is 0. The van der Waals surface area contributed by atoms with Crippen molar-refractivity contribution in [3.8, 4) is 0 Å². The third-order valence-corrected chi connectivity index (χ3v) is 5.47. The lowest BCUT2D eigenvalue weighted by Crippen LogP contribution is -2.38. The molecule has 7 nitrogen and oxygen atoms in total. The summed E-state index contributed by atoms with van der Waals surface area (Å²) in [4.78, 5) is 24.4. The van der Waals surface area contributed by atoms with Crippen molar-refractivity contribution in [2.45, 2.75) is 20.3 Å². The smallest absolute Gasteiger partial charge is 0.338 e. The lowest BCUT2D eigenvalue weighted by molar-refractivity contribution is -0.114. The number of carbonyl (C=O) groups excluding carboxylic acids is 2. The van der Waals surface area contributed by atoms with Gasteiger partial charge < -0.3 is 10.1 Å². The number of aryl methyl sites for hydroxylation is 1. The first-order valence-electron chi connectivity index (χ1n) is 8.72. The molecule has 0 aliphatic carbocycles. The maximum absolute atomic E-state index is 12.6. The number of methoxy groups -OCH3 is 1. The van der Waals surface area contributed by atoms with Gasteiger partial charge in [0.25, 0.3) is 0 Å². The Labute approximate surface area is 165 Å². The van der Waals surface area contributed by atoms with Crippen LogP contribution in [0.4, 0.5) is 11.4 Å². The summed E-state index contributed by atoms with van der Waals surface area (Å²) in [6, 6.07) is 11.9. The van der Waals surface area contributed by atoms with Gasteiger partial charge in [-0.1, -0.05) is 31.2 Å². The van der Waals surface area contributed by atoms with Gasteiger partial charge in [-0.15, -0.1) is 0 Å². The first kappa shape index (κ1) is 21.4. The van der Waals surface area contributed by atoms with Crippen LogP contribution in [-0.4, -0.2) is 40.2 Å². The zero-order chi connectivity index (χ0) is 20.9. The normalized spacial score (nSPS) is 11.0. The molecule has 2 aromatic rings. The van der Waals surface area contributed by atoms with Crippen LogP contribution in [0.15, 0.2) is 42.5 Å². The molecule has 0 spiro atoms. The number of amides is 1. The predicted octanol–water partition coefficient (Wildman–Crippen LogP) is 2.75. The summed E-state index contributed by atoms with van der Waals surface area (Å²) in [6.45, 7) is 3.22. The van der Waals surface area contributed by atoms with Gasteiger partial charge in [0.2, 0.25) is 15.9 Å². The van der Waals surface area contributed by atoms with Gasteiger partial charge in [0, 0.05) is 5.69 Å². The molecule has 0 unspecified atom stereocenters. The van der Waals surface area contributed by atoms with Crippen LogP contribution < -0.4 is 9.62 Å². The molecule has 0 bridgehead atoms. The van der Waals surface area contributed by atoms with E-state index in [2.05, 4.69) is 5.32 Å².